The van der Waals surface area contributed by atoms with Crippen molar-refractivity contribution in [2.45, 2.75) is 26.9 Å². The Hall–Kier alpha value is -0.540. The summed E-state index contributed by atoms with van der Waals surface area (Å²) in [6.45, 7) is 7.10. The van der Waals surface area contributed by atoms with Crippen molar-refractivity contribution in [1.29, 1.82) is 0 Å². The molecule has 1 rings (SSSR count). The van der Waals surface area contributed by atoms with Crippen LogP contribution in [-0.4, -0.2) is 19.8 Å². The highest BCUT2D eigenvalue weighted by Gasteiger charge is 2.05. The summed E-state index contributed by atoms with van der Waals surface area (Å²) < 4.78 is 6.33. The number of aryl methyl sites for hydroxylation is 2. The molecule has 0 saturated heterocycles. The highest BCUT2D eigenvalue weighted by molar-refractivity contribution is 9.10. The molecule has 1 atom stereocenters. The largest absolute Gasteiger partial charge is 0.382 e. The molecule has 0 bridgehead atoms. The molecule has 0 aromatic heterocycles. The van der Waals surface area contributed by atoms with Crippen molar-refractivity contribution in [2.24, 2.45) is 0 Å². The van der Waals surface area contributed by atoms with Gasteiger partial charge in [-0.2, -0.15) is 0 Å². The number of ether oxygens (including phenoxy) is 1. The van der Waals surface area contributed by atoms with E-state index in [2.05, 4.69) is 54.2 Å². The van der Waals surface area contributed by atoms with Crippen LogP contribution in [0.1, 0.15) is 18.1 Å². The van der Waals surface area contributed by atoms with Crippen molar-refractivity contribution in [2.75, 3.05) is 19.0 Å². The Balaban J connectivity index is 2.77. The zero-order valence-electron chi connectivity index (χ0n) is 9.73. The molecule has 3 heteroatoms. The number of rotatable bonds is 4. The van der Waals surface area contributed by atoms with E-state index >= 15 is 0 Å². The molecule has 0 aliphatic carbocycles. The van der Waals surface area contributed by atoms with Gasteiger partial charge in [0.1, 0.15) is 0 Å². The van der Waals surface area contributed by atoms with E-state index in [9.17, 15) is 0 Å². The van der Waals surface area contributed by atoms with Gasteiger partial charge in [-0.1, -0.05) is 15.9 Å². The first-order chi connectivity index (χ1) is 7.04. The fraction of sp³-hybridized carbons (Fsp3) is 0.500. The van der Waals surface area contributed by atoms with Gasteiger partial charge in [-0.3, -0.25) is 0 Å². The normalized spacial score (nSPS) is 12.6. The van der Waals surface area contributed by atoms with Crippen molar-refractivity contribution >= 4 is 21.6 Å². The summed E-state index contributed by atoms with van der Waals surface area (Å²) in [6.07, 6.45) is 0.229. The predicted molar refractivity (Wildman–Crippen MR) is 68.6 cm³/mol. The Bertz CT molecular complexity index is 315. The van der Waals surface area contributed by atoms with Gasteiger partial charge in [0, 0.05) is 23.8 Å². The molecular formula is C12H18BrNO. The number of anilines is 1. The summed E-state index contributed by atoms with van der Waals surface area (Å²) >= 11 is 3.49. The van der Waals surface area contributed by atoms with Gasteiger partial charge < -0.3 is 10.1 Å². The number of hydrogen-bond acceptors (Lipinski definition) is 2. The van der Waals surface area contributed by atoms with E-state index in [1.807, 2.05) is 0 Å². The van der Waals surface area contributed by atoms with Crippen LogP contribution in [-0.2, 0) is 4.74 Å². The smallest absolute Gasteiger partial charge is 0.0715 e. The zero-order chi connectivity index (χ0) is 11.4. The van der Waals surface area contributed by atoms with E-state index in [1.165, 1.54) is 16.8 Å². The summed E-state index contributed by atoms with van der Waals surface area (Å²) in [5.41, 5.74) is 3.72. The molecule has 0 aliphatic rings. The lowest BCUT2D eigenvalue weighted by molar-refractivity contribution is 0.129. The van der Waals surface area contributed by atoms with E-state index in [0.29, 0.717) is 0 Å². The minimum Gasteiger partial charge on any atom is -0.382 e. The van der Waals surface area contributed by atoms with Crippen molar-refractivity contribution < 1.29 is 4.74 Å². The maximum Gasteiger partial charge on any atom is 0.0715 e. The Labute approximate surface area is 100 Å². The van der Waals surface area contributed by atoms with E-state index < -0.39 is 0 Å². The molecule has 0 saturated carbocycles. The average Bonchev–Trinajstić information content (AvgIpc) is 2.15. The van der Waals surface area contributed by atoms with Crippen LogP contribution in [0, 0.1) is 13.8 Å². The minimum atomic E-state index is 0.229. The lowest BCUT2D eigenvalue weighted by atomic mass is 10.1. The zero-order valence-corrected chi connectivity index (χ0v) is 11.3. The predicted octanol–water partition coefficient (Wildman–Crippen LogP) is 3.51. The summed E-state index contributed by atoms with van der Waals surface area (Å²) in [7, 11) is 1.73. The second-order valence-electron chi connectivity index (χ2n) is 3.84. The van der Waals surface area contributed by atoms with Gasteiger partial charge in [0.05, 0.1) is 6.10 Å². The molecule has 0 heterocycles. The first-order valence-corrected chi connectivity index (χ1v) is 5.87. The van der Waals surface area contributed by atoms with Crippen LogP contribution in [0.4, 0.5) is 5.69 Å². The maximum absolute atomic E-state index is 5.20. The van der Waals surface area contributed by atoms with Crippen LogP contribution in [0.25, 0.3) is 0 Å². The standard InChI is InChI=1S/C12H18BrNO/c1-8-5-11(13)6-9(2)12(8)14-7-10(3)15-4/h5-6,10,14H,7H2,1-4H3. The molecule has 0 aliphatic heterocycles. The minimum absolute atomic E-state index is 0.229. The van der Waals surface area contributed by atoms with Crippen molar-refractivity contribution in [3.8, 4) is 0 Å². The molecule has 1 aromatic rings. The van der Waals surface area contributed by atoms with Crippen LogP contribution in [0.15, 0.2) is 16.6 Å². The highest BCUT2D eigenvalue weighted by atomic mass is 79.9. The van der Waals surface area contributed by atoms with Crippen molar-refractivity contribution in [3.05, 3.63) is 27.7 Å². The number of methoxy groups -OCH3 is 1. The van der Waals surface area contributed by atoms with Crippen molar-refractivity contribution in [3.63, 3.8) is 0 Å². The number of nitrogens with one attached hydrogen (secondary N) is 1. The molecule has 15 heavy (non-hydrogen) atoms. The Morgan fingerprint density at radius 2 is 1.87 bits per heavy atom. The summed E-state index contributed by atoms with van der Waals surface area (Å²) in [5, 5.41) is 3.41. The molecule has 0 fully saturated rings. The molecular weight excluding hydrogens is 254 g/mol. The summed E-state index contributed by atoms with van der Waals surface area (Å²) in [4.78, 5) is 0. The first kappa shape index (κ1) is 12.5. The van der Waals surface area contributed by atoms with Crippen LogP contribution in [0.3, 0.4) is 0 Å². The fourth-order valence-electron chi connectivity index (χ4n) is 1.52. The molecule has 0 spiro atoms. The Kier molecular flexibility index (Phi) is 4.61. The second-order valence-corrected chi connectivity index (χ2v) is 4.76. The highest BCUT2D eigenvalue weighted by Crippen LogP contribution is 2.24. The summed E-state index contributed by atoms with van der Waals surface area (Å²) in [5.74, 6) is 0. The summed E-state index contributed by atoms with van der Waals surface area (Å²) in [6, 6.07) is 4.24. The lowest BCUT2D eigenvalue weighted by Gasteiger charge is -2.16. The molecule has 1 unspecified atom stereocenters. The van der Waals surface area contributed by atoms with Crippen LogP contribution in [0.2, 0.25) is 0 Å². The average molecular weight is 272 g/mol. The van der Waals surface area contributed by atoms with E-state index in [-0.39, 0.29) is 6.10 Å². The monoisotopic (exact) mass is 271 g/mol. The molecule has 1 aromatic carbocycles. The van der Waals surface area contributed by atoms with Gasteiger partial charge in [0.2, 0.25) is 0 Å². The van der Waals surface area contributed by atoms with Gasteiger partial charge in [0.15, 0.2) is 0 Å². The molecule has 2 nitrogen and oxygen atoms in total. The van der Waals surface area contributed by atoms with E-state index in [1.54, 1.807) is 7.11 Å². The third-order valence-corrected chi connectivity index (χ3v) is 2.92. The first-order valence-electron chi connectivity index (χ1n) is 5.08. The topological polar surface area (TPSA) is 21.3 Å². The SMILES string of the molecule is COC(C)CNc1c(C)cc(Br)cc1C. The Morgan fingerprint density at radius 3 is 2.33 bits per heavy atom. The van der Waals surface area contributed by atoms with Crippen LogP contribution >= 0.6 is 15.9 Å². The Morgan fingerprint density at radius 1 is 1.33 bits per heavy atom. The van der Waals surface area contributed by atoms with Crippen LogP contribution in [0.5, 0.6) is 0 Å². The number of hydrogen-bond donors (Lipinski definition) is 1. The van der Waals surface area contributed by atoms with Crippen LogP contribution < -0.4 is 5.32 Å². The number of halogens is 1. The van der Waals surface area contributed by atoms with E-state index in [0.717, 1.165) is 11.0 Å². The third-order valence-electron chi connectivity index (χ3n) is 2.47. The number of benzene rings is 1. The third kappa shape index (κ3) is 3.50. The van der Waals surface area contributed by atoms with Crippen molar-refractivity contribution in [1.82, 2.24) is 0 Å². The van der Waals surface area contributed by atoms with Gasteiger partial charge in [-0.05, 0) is 44.0 Å². The van der Waals surface area contributed by atoms with Gasteiger partial charge in [-0.25, -0.2) is 0 Å². The molecule has 84 valence electrons. The van der Waals surface area contributed by atoms with Gasteiger partial charge in [0.25, 0.3) is 0 Å². The second kappa shape index (κ2) is 5.52. The maximum atomic E-state index is 5.20. The quantitative estimate of drug-likeness (QED) is 0.905. The lowest BCUT2D eigenvalue weighted by Crippen LogP contribution is -2.19. The molecule has 0 radical (unpaired) electrons. The molecule has 1 N–H and O–H groups in total. The van der Waals surface area contributed by atoms with E-state index in [4.69, 9.17) is 4.74 Å². The van der Waals surface area contributed by atoms with Gasteiger partial charge >= 0.3 is 0 Å². The van der Waals surface area contributed by atoms with Gasteiger partial charge in [-0.15, -0.1) is 0 Å². The fourth-order valence-corrected chi connectivity index (χ4v) is 2.21. The molecule has 0 amide bonds.